The molecular weight excluding hydrogens is 249 g/mol. The minimum atomic E-state index is -4.48. The molecule has 6 nitrogen and oxygen atoms in total. The van der Waals surface area contributed by atoms with E-state index in [1.54, 1.807) is 0 Å². The van der Waals surface area contributed by atoms with Crippen molar-refractivity contribution in [2.75, 3.05) is 11.5 Å². The van der Waals surface area contributed by atoms with Gasteiger partial charge >= 0.3 is 6.18 Å². The summed E-state index contributed by atoms with van der Waals surface area (Å²) in [5.41, 5.74) is 10.2. The zero-order chi connectivity index (χ0) is 13.3. The van der Waals surface area contributed by atoms with Crippen molar-refractivity contribution >= 4 is 11.9 Å². The van der Waals surface area contributed by atoms with E-state index in [1.807, 2.05) is 0 Å². The molecule has 18 heavy (non-hydrogen) atoms. The first kappa shape index (κ1) is 12.1. The largest absolute Gasteiger partial charge is 0.433 e. The highest BCUT2D eigenvalue weighted by atomic mass is 19.4. The number of nitrogens with zero attached hydrogens (tertiary/aromatic N) is 4. The van der Waals surface area contributed by atoms with Gasteiger partial charge in [0, 0.05) is 6.20 Å². The van der Waals surface area contributed by atoms with Crippen LogP contribution in [0.25, 0.3) is 0 Å². The molecule has 4 N–H and O–H groups in total. The minimum Gasteiger partial charge on any atom is -0.368 e. The van der Waals surface area contributed by atoms with Crippen LogP contribution < -0.4 is 11.5 Å². The molecule has 0 spiro atoms. The summed E-state index contributed by atoms with van der Waals surface area (Å²) in [6.07, 6.45) is -3.41. The number of rotatable bonds is 2. The highest BCUT2D eigenvalue weighted by Gasteiger charge is 2.32. The first-order valence-corrected chi connectivity index (χ1v) is 4.84. The van der Waals surface area contributed by atoms with E-state index in [2.05, 4.69) is 15.1 Å². The average molecular weight is 258 g/mol. The molecule has 0 aliphatic rings. The normalized spacial score (nSPS) is 11.7. The maximum atomic E-state index is 12.4. The second-order valence-corrected chi connectivity index (χ2v) is 3.53. The summed E-state index contributed by atoms with van der Waals surface area (Å²) in [7, 11) is 0. The van der Waals surface area contributed by atoms with Gasteiger partial charge in [0.1, 0.15) is 5.69 Å². The summed E-state index contributed by atoms with van der Waals surface area (Å²) in [5, 5.41) is 3.75. The van der Waals surface area contributed by atoms with Gasteiger partial charge < -0.3 is 11.5 Å². The van der Waals surface area contributed by atoms with Crippen LogP contribution in [0.4, 0.5) is 25.1 Å². The van der Waals surface area contributed by atoms with Crippen LogP contribution in [0.1, 0.15) is 11.3 Å². The van der Waals surface area contributed by atoms with E-state index in [9.17, 15) is 13.2 Å². The Balaban J connectivity index is 2.27. The predicted octanol–water partition coefficient (Wildman–Crippen LogP) is 0.905. The molecule has 2 aromatic rings. The van der Waals surface area contributed by atoms with Gasteiger partial charge in [0.2, 0.25) is 11.9 Å². The van der Waals surface area contributed by atoms with E-state index >= 15 is 0 Å². The summed E-state index contributed by atoms with van der Waals surface area (Å²) in [6.45, 7) is 0.0433. The van der Waals surface area contributed by atoms with E-state index in [0.717, 1.165) is 12.3 Å². The molecule has 9 heteroatoms. The number of anilines is 2. The second kappa shape index (κ2) is 4.17. The Morgan fingerprint density at radius 2 is 2.00 bits per heavy atom. The Morgan fingerprint density at radius 3 is 2.56 bits per heavy atom. The maximum Gasteiger partial charge on any atom is 0.433 e. The minimum absolute atomic E-state index is 0.0300. The number of halogens is 3. The number of pyridine rings is 1. The number of nitrogen functional groups attached to an aromatic ring is 2. The second-order valence-electron chi connectivity index (χ2n) is 3.53. The molecule has 0 saturated carbocycles. The van der Waals surface area contributed by atoms with E-state index in [-0.39, 0.29) is 18.4 Å². The van der Waals surface area contributed by atoms with Gasteiger partial charge in [-0.05, 0) is 17.7 Å². The van der Waals surface area contributed by atoms with E-state index in [0.29, 0.717) is 5.56 Å². The summed E-state index contributed by atoms with van der Waals surface area (Å²) in [4.78, 5) is 6.90. The molecule has 0 aromatic carbocycles. The van der Waals surface area contributed by atoms with Crippen LogP contribution in [0.3, 0.4) is 0 Å². The van der Waals surface area contributed by atoms with E-state index in [1.165, 1.54) is 10.7 Å². The first-order chi connectivity index (χ1) is 8.36. The zero-order valence-corrected chi connectivity index (χ0v) is 9.02. The van der Waals surface area contributed by atoms with Crippen LogP contribution in [0.15, 0.2) is 18.3 Å². The van der Waals surface area contributed by atoms with Gasteiger partial charge in [-0.1, -0.05) is 0 Å². The van der Waals surface area contributed by atoms with Crippen LogP contribution in [-0.2, 0) is 12.7 Å². The average Bonchev–Trinajstić information content (AvgIpc) is 2.56. The fourth-order valence-electron chi connectivity index (χ4n) is 1.39. The van der Waals surface area contributed by atoms with Gasteiger partial charge in [-0.2, -0.15) is 18.2 Å². The molecule has 0 unspecified atom stereocenters. The highest BCUT2D eigenvalue weighted by Crippen LogP contribution is 2.27. The maximum absolute atomic E-state index is 12.4. The van der Waals surface area contributed by atoms with Crippen LogP contribution >= 0.6 is 0 Å². The van der Waals surface area contributed by atoms with Crippen LogP contribution in [0.5, 0.6) is 0 Å². The molecular formula is C9H9F3N6. The summed E-state index contributed by atoms with van der Waals surface area (Å²) in [6, 6.07) is 2.36. The van der Waals surface area contributed by atoms with Gasteiger partial charge in [-0.15, -0.1) is 5.10 Å². The Hall–Kier alpha value is -2.32. The third-order valence-corrected chi connectivity index (χ3v) is 2.16. The first-order valence-electron chi connectivity index (χ1n) is 4.84. The van der Waals surface area contributed by atoms with Crippen molar-refractivity contribution in [3.63, 3.8) is 0 Å². The van der Waals surface area contributed by atoms with Crippen LogP contribution in [0, 0.1) is 0 Å². The molecule has 0 aliphatic heterocycles. The molecule has 0 aliphatic carbocycles. The van der Waals surface area contributed by atoms with Crippen molar-refractivity contribution in [2.24, 2.45) is 0 Å². The van der Waals surface area contributed by atoms with Crippen molar-refractivity contribution in [3.05, 3.63) is 29.6 Å². The monoisotopic (exact) mass is 258 g/mol. The third kappa shape index (κ3) is 2.50. The number of hydrogen-bond acceptors (Lipinski definition) is 5. The molecule has 0 fully saturated rings. The lowest BCUT2D eigenvalue weighted by Gasteiger charge is -2.07. The van der Waals surface area contributed by atoms with Gasteiger partial charge in [0.25, 0.3) is 0 Å². The van der Waals surface area contributed by atoms with Crippen molar-refractivity contribution in [3.8, 4) is 0 Å². The molecule has 96 valence electrons. The lowest BCUT2D eigenvalue weighted by molar-refractivity contribution is -0.141. The smallest absolute Gasteiger partial charge is 0.368 e. The Bertz CT molecular complexity index is 562. The zero-order valence-electron chi connectivity index (χ0n) is 9.02. The van der Waals surface area contributed by atoms with Gasteiger partial charge in [0.05, 0.1) is 6.54 Å². The molecule has 2 rings (SSSR count). The van der Waals surface area contributed by atoms with Gasteiger partial charge in [-0.3, -0.25) is 4.98 Å². The van der Waals surface area contributed by atoms with E-state index < -0.39 is 11.9 Å². The molecule has 0 bridgehead atoms. The number of alkyl halides is 3. The van der Waals surface area contributed by atoms with E-state index in [4.69, 9.17) is 11.5 Å². The van der Waals surface area contributed by atoms with Crippen LogP contribution in [-0.4, -0.2) is 19.7 Å². The Labute approximate surface area is 99.4 Å². The predicted molar refractivity (Wildman–Crippen MR) is 57.2 cm³/mol. The third-order valence-electron chi connectivity index (χ3n) is 2.16. The fourth-order valence-corrected chi connectivity index (χ4v) is 1.39. The SMILES string of the molecule is Nc1nc(N)n(Cc2ccnc(C(F)(F)F)c2)n1. The van der Waals surface area contributed by atoms with Crippen molar-refractivity contribution in [1.29, 1.82) is 0 Å². The standard InChI is InChI=1S/C9H9F3N6/c10-9(11,12)6-3-5(1-2-15-6)4-18-8(14)16-7(13)17-18/h1-3H,4H2,(H4,13,14,16,17). The topological polar surface area (TPSA) is 95.6 Å². The summed E-state index contributed by atoms with van der Waals surface area (Å²) >= 11 is 0. The highest BCUT2D eigenvalue weighted by molar-refractivity contribution is 5.28. The quantitative estimate of drug-likeness (QED) is 0.834. The molecule has 0 radical (unpaired) electrons. The molecule has 0 amide bonds. The number of hydrogen-bond donors (Lipinski definition) is 2. The molecule has 0 atom stereocenters. The molecule has 0 saturated heterocycles. The number of aromatic nitrogens is 4. The number of nitrogens with two attached hydrogens (primary N) is 2. The lowest BCUT2D eigenvalue weighted by atomic mass is 10.2. The van der Waals surface area contributed by atoms with Crippen molar-refractivity contribution in [1.82, 2.24) is 19.7 Å². The molecule has 2 aromatic heterocycles. The van der Waals surface area contributed by atoms with Crippen molar-refractivity contribution in [2.45, 2.75) is 12.7 Å². The van der Waals surface area contributed by atoms with Gasteiger partial charge in [0.15, 0.2) is 0 Å². The van der Waals surface area contributed by atoms with Gasteiger partial charge in [-0.25, -0.2) is 4.68 Å². The van der Waals surface area contributed by atoms with Crippen molar-refractivity contribution < 1.29 is 13.2 Å². The lowest BCUT2D eigenvalue weighted by Crippen LogP contribution is -2.11. The summed E-state index contributed by atoms with van der Waals surface area (Å²) < 4.78 is 38.6. The molecule has 2 heterocycles. The fraction of sp³-hybridized carbons (Fsp3) is 0.222. The Morgan fingerprint density at radius 1 is 1.28 bits per heavy atom. The summed E-state index contributed by atoms with van der Waals surface area (Å²) in [5.74, 6) is 0.00970. The van der Waals surface area contributed by atoms with Crippen LogP contribution in [0.2, 0.25) is 0 Å². The Kier molecular flexibility index (Phi) is 2.81.